The van der Waals surface area contributed by atoms with E-state index in [1.165, 1.54) is 11.8 Å². The Hall–Kier alpha value is -2.83. The molecule has 0 bridgehead atoms. The third-order valence-corrected chi connectivity index (χ3v) is 4.04. The van der Waals surface area contributed by atoms with E-state index < -0.39 is 16.8 Å². The molecule has 0 fully saturated rings. The summed E-state index contributed by atoms with van der Waals surface area (Å²) in [5.41, 5.74) is -0.748. The quantitative estimate of drug-likeness (QED) is 0.575. The molecule has 0 saturated carbocycles. The predicted molar refractivity (Wildman–Crippen MR) is 106 cm³/mol. The van der Waals surface area contributed by atoms with Crippen LogP contribution in [0.5, 0.6) is 11.6 Å². The first kappa shape index (κ1) is 20.5. The van der Waals surface area contributed by atoms with Crippen molar-refractivity contribution < 1.29 is 9.84 Å². The molecule has 0 atom stereocenters. The van der Waals surface area contributed by atoms with Crippen molar-refractivity contribution in [1.82, 2.24) is 9.55 Å². The summed E-state index contributed by atoms with van der Waals surface area (Å²) in [7, 11) is 0. The van der Waals surface area contributed by atoms with E-state index >= 15 is 0 Å². The molecule has 2 aromatic rings. The fourth-order valence-corrected chi connectivity index (χ4v) is 2.60. The summed E-state index contributed by atoms with van der Waals surface area (Å²) in [6.07, 6.45) is 2.94. The van der Waals surface area contributed by atoms with Gasteiger partial charge >= 0.3 is 5.69 Å². The summed E-state index contributed by atoms with van der Waals surface area (Å²) in [4.78, 5) is 30.3. The van der Waals surface area contributed by atoms with Crippen LogP contribution in [-0.2, 0) is 12.0 Å². The highest BCUT2D eigenvalue weighted by molar-refractivity contribution is 5.81. The van der Waals surface area contributed by atoms with Gasteiger partial charge in [-0.2, -0.15) is 0 Å². The molecule has 7 heteroatoms. The van der Waals surface area contributed by atoms with E-state index in [0.717, 1.165) is 16.7 Å². The zero-order chi connectivity index (χ0) is 20.0. The van der Waals surface area contributed by atoms with Crippen molar-refractivity contribution in [2.24, 2.45) is 4.99 Å². The molecule has 0 aliphatic rings. The van der Waals surface area contributed by atoms with Crippen molar-refractivity contribution in [2.45, 2.75) is 46.1 Å². The number of hydrogen-bond donors (Lipinski definition) is 2. The molecule has 2 rings (SSSR count). The second-order valence-corrected chi connectivity index (χ2v) is 7.24. The number of hydrogen-bond acceptors (Lipinski definition) is 5. The van der Waals surface area contributed by atoms with Crippen LogP contribution in [-0.4, -0.2) is 34.0 Å². The maximum Gasteiger partial charge on any atom is 0.331 e. The number of rotatable bonds is 7. The standard InChI is InChI=1S/C20H27N3O4/c1-5-14-7-9-15(10-8-14)27-12-6-11-21-13-16-17(24)22-19(26)23(18(16)25)20(2,3)4/h7-10,13,25H,5-6,11-12H2,1-4H3,(H,22,24,26). The number of ether oxygens (including phenoxy) is 1. The van der Waals surface area contributed by atoms with Crippen molar-refractivity contribution >= 4 is 6.21 Å². The van der Waals surface area contributed by atoms with Gasteiger partial charge in [-0.05, 0) is 44.9 Å². The SMILES string of the molecule is CCc1ccc(OCCCN=Cc2c(O)n(C(C)(C)C)c(=O)[nH]c2=O)cc1. The van der Waals surface area contributed by atoms with E-state index in [-0.39, 0.29) is 11.4 Å². The Labute approximate surface area is 158 Å². The van der Waals surface area contributed by atoms with Gasteiger partial charge in [-0.25, -0.2) is 4.79 Å². The van der Waals surface area contributed by atoms with E-state index in [1.54, 1.807) is 20.8 Å². The van der Waals surface area contributed by atoms with Crippen LogP contribution >= 0.6 is 0 Å². The van der Waals surface area contributed by atoms with Crippen molar-refractivity contribution in [1.29, 1.82) is 0 Å². The number of aryl methyl sites for hydroxylation is 1. The number of H-pyrrole nitrogens is 1. The Morgan fingerprint density at radius 2 is 1.89 bits per heavy atom. The van der Waals surface area contributed by atoms with Gasteiger partial charge in [0.2, 0.25) is 5.88 Å². The second-order valence-electron chi connectivity index (χ2n) is 7.24. The monoisotopic (exact) mass is 373 g/mol. The van der Waals surface area contributed by atoms with Crippen molar-refractivity contribution in [3.8, 4) is 11.6 Å². The molecular weight excluding hydrogens is 346 g/mol. The van der Waals surface area contributed by atoms with Gasteiger partial charge in [0.1, 0.15) is 11.3 Å². The summed E-state index contributed by atoms with van der Waals surface area (Å²) in [6, 6.07) is 7.95. The summed E-state index contributed by atoms with van der Waals surface area (Å²) >= 11 is 0. The van der Waals surface area contributed by atoms with Crippen LogP contribution in [0.2, 0.25) is 0 Å². The first-order valence-electron chi connectivity index (χ1n) is 9.04. The summed E-state index contributed by atoms with van der Waals surface area (Å²) in [6.45, 7) is 8.31. The molecule has 0 spiro atoms. The van der Waals surface area contributed by atoms with Gasteiger partial charge in [0.25, 0.3) is 5.56 Å². The Morgan fingerprint density at radius 1 is 1.22 bits per heavy atom. The number of aromatic hydroxyl groups is 1. The molecule has 0 saturated heterocycles. The normalized spacial score (nSPS) is 11.9. The zero-order valence-electron chi connectivity index (χ0n) is 16.3. The van der Waals surface area contributed by atoms with Gasteiger partial charge < -0.3 is 9.84 Å². The highest BCUT2D eigenvalue weighted by Gasteiger charge is 2.22. The van der Waals surface area contributed by atoms with Crippen molar-refractivity contribution in [3.05, 3.63) is 56.2 Å². The minimum absolute atomic E-state index is 0.0272. The third kappa shape index (κ3) is 5.32. The third-order valence-electron chi connectivity index (χ3n) is 4.04. The molecule has 0 aliphatic heterocycles. The molecule has 0 amide bonds. The molecule has 0 radical (unpaired) electrons. The fraction of sp³-hybridized carbons (Fsp3) is 0.450. The van der Waals surface area contributed by atoms with Crippen molar-refractivity contribution in [3.63, 3.8) is 0 Å². The molecule has 7 nitrogen and oxygen atoms in total. The van der Waals surface area contributed by atoms with Gasteiger partial charge in [0, 0.05) is 24.7 Å². The summed E-state index contributed by atoms with van der Waals surface area (Å²) < 4.78 is 6.79. The fourth-order valence-electron chi connectivity index (χ4n) is 2.60. The lowest BCUT2D eigenvalue weighted by Gasteiger charge is -2.23. The Bertz CT molecular complexity index is 903. The smallest absolute Gasteiger partial charge is 0.331 e. The van der Waals surface area contributed by atoms with Crippen LogP contribution < -0.4 is 16.0 Å². The molecule has 1 aromatic carbocycles. The van der Waals surface area contributed by atoms with E-state index in [4.69, 9.17) is 4.74 Å². The number of nitrogens with one attached hydrogen (secondary N) is 1. The number of aromatic amines is 1. The Kier molecular flexibility index (Phi) is 6.60. The van der Waals surface area contributed by atoms with Gasteiger partial charge in [0.15, 0.2) is 0 Å². The number of aromatic nitrogens is 2. The molecule has 1 heterocycles. The largest absolute Gasteiger partial charge is 0.494 e. The number of aliphatic imine (C=N–C) groups is 1. The predicted octanol–water partition coefficient (Wildman–Crippen LogP) is 2.45. The average molecular weight is 373 g/mol. The lowest BCUT2D eigenvalue weighted by molar-refractivity contribution is 0.305. The zero-order valence-corrected chi connectivity index (χ0v) is 16.3. The minimum atomic E-state index is -0.672. The van der Waals surface area contributed by atoms with Crippen LogP contribution in [0.25, 0.3) is 0 Å². The van der Waals surface area contributed by atoms with Crippen LogP contribution in [0.4, 0.5) is 0 Å². The number of benzene rings is 1. The second kappa shape index (κ2) is 8.70. The lowest BCUT2D eigenvalue weighted by Crippen LogP contribution is -2.40. The molecule has 0 aliphatic carbocycles. The maximum absolute atomic E-state index is 12.0. The molecule has 1 aromatic heterocycles. The van der Waals surface area contributed by atoms with E-state index in [9.17, 15) is 14.7 Å². The van der Waals surface area contributed by atoms with Crippen LogP contribution in [0, 0.1) is 0 Å². The topological polar surface area (TPSA) is 96.7 Å². The highest BCUT2D eigenvalue weighted by atomic mass is 16.5. The Balaban J connectivity index is 1.96. The van der Waals surface area contributed by atoms with Crippen LogP contribution in [0.15, 0.2) is 38.8 Å². The van der Waals surface area contributed by atoms with Gasteiger partial charge in [-0.1, -0.05) is 19.1 Å². The van der Waals surface area contributed by atoms with Gasteiger partial charge in [-0.15, -0.1) is 0 Å². The molecule has 27 heavy (non-hydrogen) atoms. The molecule has 0 unspecified atom stereocenters. The molecule has 146 valence electrons. The first-order valence-corrected chi connectivity index (χ1v) is 9.04. The average Bonchev–Trinajstić information content (AvgIpc) is 2.59. The first-order chi connectivity index (χ1) is 12.7. The highest BCUT2D eigenvalue weighted by Crippen LogP contribution is 2.19. The van der Waals surface area contributed by atoms with Gasteiger partial charge in [-0.3, -0.25) is 19.3 Å². The van der Waals surface area contributed by atoms with Gasteiger partial charge in [0.05, 0.1) is 6.61 Å². The maximum atomic E-state index is 12.0. The van der Waals surface area contributed by atoms with Crippen molar-refractivity contribution in [2.75, 3.05) is 13.2 Å². The molecule has 2 N–H and O–H groups in total. The van der Waals surface area contributed by atoms with E-state index in [1.807, 2.05) is 24.3 Å². The summed E-state index contributed by atoms with van der Waals surface area (Å²) in [5.74, 6) is 0.426. The molecular formula is C20H27N3O4. The number of nitrogens with zero attached hydrogens (tertiary/aromatic N) is 2. The summed E-state index contributed by atoms with van der Waals surface area (Å²) in [5, 5.41) is 10.3. The van der Waals surface area contributed by atoms with E-state index in [0.29, 0.717) is 19.6 Å². The van der Waals surface area contributed by atoms with Crippen LogP contribution in [0.3, 0.4) is 0 Å². The Morgan fingerprint density at radius 3 is 2.48 bits per heavy atom. The van der Waals surface area contributed by atoms with Crippen LogP contribution in [0.1, 0.15) is 45.2 Å². The van der Waals surface area contributed by atoms with E-state index in [2.05, 4.69) is 16.9 Å². The minimum Gasteiger partial charge on any atom is -0.494 e. The lowest BCUT2D eigenvalue weighted by atomic mass is 10.1.